The fourth-order valence-corrected chi connectivity index (χ4v) is 8.27. The second kappa shape index (κ2) is 21.3. The van der Waals surface area contributed by atoms with Crippen molar-refractivity contribution >= 4 is 21.6 Å². The van der Waals surface area contributed by atoms with Gasteiger partial charge in [-0.15, -0.1) is 0 Å². The summed E-state index contributed by atoms with van der Waals surface area (Å²) in [6, 6.07) is 93.0. The van der Waals surface area contributed by atoms with Gasteiger partial charge in [-0.2, -0.15) is 0 Å². The summed E-state index contributed by atoms with van der Waals surface area (Å²) in [6.45, 7) is 0. The lowest BCUT2D eigenvalue weighted by Gasteiger charge is -2.15. The molecule has 2 N–H and O–H groups in total. The molecule has 0 saturated carbocycles. The Balaban J connectivity index is 0.000000144. The molecular weight excluding hydrogens is 827 g/mol. The molecule has 0 aliphatic rings. The molecule has 0 saturated heterocycles. The summed E-state index contributed by atoms with van der Waals surface area (Å²) >= 11 is 3.53. The van der Waals surface area contributed by atoms with Crippen molar-refractivity contribution in [2.45, 2.75) is 6.42 Å². The van der Waals surface area contributed by atoms with Gasteiger partial charge in [0.1, 0.15) is 0 Å². The predicted molar refractivity (Wildman–Crippen MR) is 273 cm³/mol. The standard InChI is InChI=1S/C31H24.C18H15N.C12H9Br/c1-4-12-24(13-5-1)27-20-21-29(31(23-27)26-16-8-3-9-17-26)22-28-18-10-11-19-30(28)25-14-6-2-7-15-25;19-18-12-11-16(14-7-3-1-4-8-14)13-17(18)15-9-5-2-6-10-15;13-12-9-5-4-8-11(12)10-6-2-1-3-7-10/h1-21,23H,22H2;1-13H,19H2;1-9H. The zero-order chi connectivity index (χ0) is 43.1. The van der Waals surface area contributed by atoms with E-state index in [4.69, 9.17) is 5.73 Å². The zero-order valence-electron chi connectivity index (χ0n) is 35.1. The molecule has 10 aromatic carbocycles. The van der Waals surface area contributed by atoms with E-state index < -0.39 is 0 Å². The van der Waals surface area contributed by atoms with Crippen molar-refractivity contribution in [3.8, 4) is 66.8 Å². The maximum absolute atomic E-state index is 6.10. The van der Waals surface area contributed by atoms with Gasteiger partial charge in [0.2, 0.25) is 0 Å². The average Bonchev–Trinajstić information content (AvgIpc) is 3.36. The summed E-state index contributed by atoms with van der Waals surface area (Å²) in [5, 5.41) is 0. The van der Waals surface area contributed by atoms with Crippen LogP contribution in [0, 0.1) is 0 Å². The fourth-order valence-electron chi connectivity index (χ4n) is 7.75. The molecule has 0 spiro atoms. The lowest BCUT2D eigenvalue weighted by molar-refractivity contribution is 1.20. The molecule has 10 aromatic rings. The Morgan fingerprint density at radius 1 is 0.254 bits per heavy atom. The Morgan fingerprint density at radius 2 is 0.587 bits per heavy atom. The quantitative estimate of drug-likeness (QED) is 0.151. The van der Waals surface area contributed by atoms with Crippen molar-refractivity contribution in [3.05, 3.63) is 283 Å². The minimum atomic E-state index is 0.811. The van der Waals surface area contributed by atoms with Crippen molar-refractivity contribution in [2.24, 2.45) is 0 Å². The van der Waals surface area contributed by atoms with Crippen LogP contribution < -0.4 is 5.73 Å². The van der Waals surface area contributed by atoms with Gasteiger partial charge in [0.15, 0.2) is 0 Å². The van der Waals surface area contributed by atoms with Crippen LogP contribution in [0.2, 0.25) is 0 Å². The first-order chi connectivity index (χ1) is 31.1. The van der Waals surface area contributed by atoms with Crippen LogP contribution >= 0.6 is 15.9 Å². The van der Waals surface area contributed by atoms with Gasteiger partial charge in [-0.1, -0.05) is 259 Å². The molecule has 0 atom stereocenters. The summed E-state index contributed by atoms with van der Waals surface area (Å²) in [7, 11) is 0. The number of rotatable bonds is 8. The number of halogens is 1. The number of benzene rings is 10. The molecule has 0 aliphatic carbocycles. The van der Waals surface area contributed by atoms with Gasteiger partial charge in [0.05, 0.1) is 0 Å². The summed E-state index contributed by atoms with van der Waals surface area (Å²) in [5.41, 5.74) is 24.3. The second-order valence-electron chi connectivity index (χ2n) is 15.2. The molecule has 2 heteroatoms. The molecule has 10 rings (SSSR count). The van der Waals surface area contributed by atoms with Crippen LogP contribution in [0.25, 0.3) is 66.8 Å². The third-order valence-electron chi connectivity index (χ3n) is 11.0. The summed E-state index contributed by atoms with van der Waals surface area (Å²) in [6.07, 6.45) is 0.893. The van der Waals surface area contributed by atoms with Gasteiger partial charge >= 0.3 is 0 Å². The van der Waals surface area contributed by atoms with Crippen molar-refractivity contribution < 1.29 is 0 Å². The molecule has 63 heavy (non-hydrogen) atoms. The highest BCUT2D eigenvalue weighted by atomic mass is 79.9. The lowest BCUT2D eigenvalue weighted by atomic mass is 9.89. The molecule has 1 nitrogen and oxygen atoms in total. The van der Waals surface area contributed by atoms with Crippen LogP contribution in [0.5, 0.6) is 0 Å². The van der Waals surface area contributed by atoms with Gasteiger partial charge in [0, 0.05) is 15.7 Å². The van der Waals surface area contributed by atoms with Crippen LogP contribution in [0.1, 0.15) is 11.1 Å². The van der Waals surface area contributed by atoms with Crippen molar-refractivity contribution in [1.29, 1.82) is 0 Å². The molecule has 0 aromatic heterocycles. The molecule has 0 amide bonds. The number of hydrogen-bond acceptors (Lipinski definition) is 1. The summed E-state index contributed by atoms with van der Waals surface area (Å²) in [4.78, 5) is 0. The van der Waals surface area contributed by atoms with Gasteiger partial charge in [-0.05, 0) is 103 Å². The van der Waals surface area contributed by atoms with E-state index in [0.717, 1.165) is 27.7 Å². The monoisotopic (exact) mass is 873 g/mol. The molecule has 0 fully saturated rings. The topological polar surface area (TPSA) is 26.0 Å². The van der Waals surface area contributed by atoms with E-state index in [0.29, 0.717) is 0 Å². The third-order valence-corrected chi connectivity index (χ3v) is 11.7. The van der Waals surface area contributed by atoms with Crippen molar-refractivity contribution in [3.63, 3.8) is 0 Å². The van der Waals surface area contributed by atoms with Gasteiger partial charge in [-0.3, -0.25) is 0 Å². The Bertz CT molecular complexity index is 2950. The van der Waals surface area contributed by atoms with E-state index in [1.807, 2.05) is 60.7 Å². The van der Waals surface area contributed by atoms with E-state index in [1.54, 1.807) is 0 Å². The first-order valence-corrected chi connectivity index (χ1v) is 22.1. The van der Waals surface area contributed by atoms with E-state index in [-0.39, 0.29) is 0 Å². The van der Waals surface area contributed by atoms with Crippen molar-refractivity contribution in [2.75, 3.05) is 5.73 Å². The maximum Gasteiger partial charge on any atom is 0.0394 e. The first kappa shape index (κ1) is 42.2. The van der Waals surface area contributed by atoms with Crippen LogP contribution in [0.3, 0.4) is 0 Å². The Kier molecular flexibility index (Phi) is 14.3. The molecule has 0 bridgehead atoms. The Labute approximate surface area is 381 Å². The predicted octanol–water partition coefficient (Wildman–Crippen LogP) is 17.0. The van der Waals surface area contributed by atoms with Crippen LogP contribution in [-0.2, 0) is 6.42 Å². The largest absolute Gasteiger partial charge is 0.398 e. The molecule has 0 heterocycles. The van der Waals surface area contributed by atoms with E-state index in [2.05, 4.69) is 222 Å². The second-order valence-corrected chi connectivity index (χ2v) is 16.0. The number of hydrogen-bond donors (Lipinski definition) is 1. The first-order valence-electron chi connectivity index (χ1n) is 21.3. The van der Waals surface area contributed by atoms with E-state index in [1.165, 1.54) is 66.8 Å². The number of nitrogens with two attached hydrogens (primary N) is 1. The van der Waals surface area contributed by atoms with Gasteiger partial charge in [0.25, 0.3) is 0 Å². The fraction of sp³-hybridized carbons (Fsp3) is 0.0164. The molecule has 0 aliphatic heterocycles. The highest BCUT2D eigenvalue weighted by Crippen LogP contribution is 2.34. The highest BCUT2D eigenvalue weighted by molar-refractivity contribution is 9.10. The molecule has 0 radical (unpaired) electrons. The lowest BCUT2D eigenvalue weighted by Crippen LogP contribution is -1.96. The smallest absolute Gasteiger partial charge is 0.0394 e. The van der Waals surface area contributed by atoms with Crippen LogP contribution in [0.4, 0.5) is 5.69 Å². The van der Waals surface area contributed by atoms with Crippen LogP contribution in [-0.4, -0.2) is 0 Å². The molecule has 304 valence electrons. The summed E-state index contributed by atoms with van der Waals surface area (Å²) in [5.74, 6) is 0. The SMILES string of the molecule is Brc1ccccc1-c1ccccc1.Nc1ccc(-c2ccccc2)cc1-c1ccccc1.c1ccc(-c2ccc(Cc3ccccc3-c3ccccc3)c(-c3ccccc3)c2)cc1. The zero-order valence-corrected chi connectivity index (χ0v) is 36.7. The van der Waals surface area contributed by atoms with Gasteiger partial charge in [-0.25, -0.2) is 0 Å². The highest BCUT2D eigenvalue weighted by Gasteiger charge is 2.12. The summed E-state index contributed by atoms with van der Waals surface area (Å²) < 4.78 is 1.14. The maximum atomic E-state index is 6.10. The Morgan fingerprint density at radius 3 is 1.08 bits per heavy atom. The van der Waals surface area contributed by atoms with Crippen molar-refractivity contribution in [1.82, 2.24) is 0 Å². The third kappa shape index (κ3) is 11.1. The minimum Gasteiger partial charge on any atom is -0.398 e. The average molecular weight is 875 g/mol. The molecular formula is C61H48BrN. The number of nitrogen functional groups attached to an aromatic ring is 1. The van der Waals surface area contributed by atoms with E-state index in [9.17, 15) is 0 Å². The minimum absolute atomic E-state index is 0.811. The van der Waals surface area contributed by atoms with Crippen LogP contribution in [0.15, 0.2) is 271 Å². The molecule has 0 unspecified atom stereocenters. The van der Waals surface area contributed by atoms with Gasteiger partial charge < -0.3 is 5.73 Å². The number of anilines is 1. The van der Waals surface area contributed by atoms with E-state index >= 15 is 0 Å². The Hall–Kier alpha value is -7.52. The normalized spacial score (nSPS) is 10.4.